The van der Waals surface area contributed by atoms with E-state index in [1.54, 1.807) is 11.3 Å². The van der Waals surface area contributed by atoms with Crippen molar-refractivity contribution in [2.75, 3.05) is 0 Å². The number of aromatic nitrogens is 2. The van der Waals surface area contributed by atoms with Crippen molar-refractivity contribution in [1.29, 1.82) is 0 Å². The lowest BCUT2D eigenvalue weighted by Crippen LogP contribution is -2.30. The van der Waals surface area contributed by atoms with E-state index < -0.39 is 7.12 Å². The lowest BCUT2D eigenvalue weighted by Gasteiger charge is -2.12. The quantitative estimate of drug-likeness (QED) is 0.190. The summed E-state index contributed by atoms with van der Waals surface area (Å²) in [6.07, 6.45) is 0. The summed E-state index contributed by atoms with van der Waals surface area (Å²) in [5.74, 6) is 0. The molecule has 0 radical (unpaired) electrons. The minimum absolute atomic E-state index is 0.522. The zero-order chi connectivity index (χ0) is 31.9. The molecule has 226 valence electrons. The van der Waals surface area contributed by atoms with Crippen LogP contribution in [0.5, 0.6) is 0 Å². The van der Waals surface area contributed by atoms with Crippen molar-refractivity contribution in [3.63, 3.8) is 0 Å². The Morgan fingerprint density at radius 1 is 0.417 bits per heavy atom. The van der Waals surface area contributed by atoms with E-state index in [1.165, 1.54) is 21.8 Å². The molecule has 0 atom stereocenters. The number of rotatable bonds is 4. The second kappa shape index (κ2) is 10.4. The van der Waals surface area contributed by atoms with Gasteiger partial charge >= 0.3 is 7.12 Å². The Morgan fingerprint density at radius 3 is 1.56 bits per heavy atom. The minimum Gasteiger partial charge on any atom is -0.423 e. The van der Waals surface area contributed by atoms with Crippen LogP contribution < -0.4 is 5.46 Å². The Hall–Kier alpha value is -5.66. The molecule has 0 aliphatic rings. The first-order chi connectivity index (χ1) is 23.6. The third kappa shape index (κ3) is 3.98. The van der Waals surface area contributed by atoms with Crippen LogP contribution in [0, 0.1) is 0 Å². The lowest BCUT2D eigenvalue weighted by atomic mass is 9.79. The van der Waals surface area contributed by atoms with E-state index in [9.17, 15) is 10.0 Å². The fourth-order valence-corrected chi connectivity index (χ4v) is 8.81. The van der Waals surface area contributed by atoms with Crippen molar-refractivity contribution in [3.8, 4) is 22.5 Å². The van der Waals surface area contributed by atoms with Gasteiger partial charge in [-0.1, -0.05) is 84.9 Å². The molecule has 0 fully saturated rings. The van der Waals surface area contributed by atoms with Gasteiger partial charge in [-0.05, 0) is 77.9 Å². The molecule has 0 aliphatic carbocycles. The third-order valence-corrected chi connectivity index (χ3v) is 11.0. The molecule has 0 saturated heterocycles. The predicted octanol–water partition coefficient (Wildman–Crippen LogP) is 9.60. The highest BCUT2D eigenvalue weighted by atomic mass is 32.1. The summed E-state index contributed by atoms with van der Waals surface area (Å²) in [6, 6.07) is 53.5. The zero-order valence-corrected chi connectivity index (χ0v) is 26.5. The fourth-order valence-electron chi connectivity index (χ4n) is 7.60. The Bertz CT molecular complexity index is 2880. The number of para-hydroxylation sites is 3. The van der Waals surface area contributed by atoms with Gasteiger partial charge in [-0.15, -0.1) is 11.3 Å². The van der Waals surface area contributed by atoms with Crippen LogP contribution in [0.1, 0.15) is 0 Å². The molecule has 6 heteroatoms. The fraction of sp³-hybridized carbons (Fsp3) is 0. The Morgan fingerprint density at radius 2 is 0.938 bits per heavy atom. The molecule has 0 amide bonds. The van der Waals surface area contributed by atoms with Crippen LogP contribution in [0.2, 0.25) is 0 Å². The van der Waals surface area contributed by atoms with E-state index in [1.807, 2.05) is 18.2 Å². The van der Waals surface area contributed by atoms with Crippen molar-refractivity contribution in [2.24, 2.45) is 0 Å². The summed E-state index contributed by atoms with van der Waals surface area (Å²) in [7, 11) is -1.58. The normalized spacial score (nSPS) is 12.0. The van der Waals surface area contributed by atoms with E-state index in [0.717, 1.165) is 64.5 Å². The summed E-state index contributed by atoms with van der Waals surface area (Å²) in [6.45, 7) is 0. The molecule has 10 rings (SSSR count). The topological polar surface area (TPSA) is 50.3 Å². The lowest BCUT2D eigenvalue weighted by molar-refractivity contribution is 0.426. The number of fused-ring (bicyclic) bond motifs is 9. The first-order valence-corrected chi connectivity index (χ1v) is 16.9. The van der Waals surface area contributed by atoms with Gasteiger partial charge in [-0.2, -0.15) is 0 Å². The van der Waals surface area contributed by atoms with Crippen molar-refractivity contribution < 1.29 is 10.0 Å². The Balaban J connectivity index is 1.19. The molecule has 0 saturated carbocycles. The highest BCUT2D eigenvalue weighted by molar-refractivity contribution is 7.27. The Kier molecular flexibility index (Phi) is 5.96. The zero-order valence-electron chi connectivity index (χ0n) is 25.7. The molecular weight excluding hydrogens is 607 g/mol. The number of hydrogen-bond acceptors (Lipinski definition) is 3. The maximum Gasteiger partial charge on any atom is 0.489 e. The SMILES string of the molecule is OB(O)c1cc(-n2c3ccccc3c3cc(-c4ccc5c(c4)c4ccccc4n5-c4ccccc4)ccc32)cc2c1sc1ccccc12. The van der Waals surface area contributed by atoms with E-state index >= 15 is 0 Å². The van der Waals surface area contributed by atoms with E-state index in [2.05, 4.69) is 143 Å². The van der Waals surface area contributed by atoms with Gasteiger partial charge in [0.25, 0.3) is 0 Å². The van der Waals surface area contributed by atoms with Gasteiger partial charge in [0.15, 0.2) is 0 Å². The maximum atomic E-state index is 10.5. The molecule has 0 unspecified atom stereocenters. The smallest absolute Gasteiger partial charge is 0.423 e. The van der Waals surface area contributed by atoms with Crippen molar-refractivity contribution in [3.05, 3.63) is 152 Å². The van der Waals surface area contributed by atoms with Gasteiger partial charge in [0.05, 0.1) is 22.1 Å². The molecule has 4 nitrogen and oxygen atoms in total. The first-order valence-electron chi connectivity index (χ1n) is 16.1. The van der Waals surface area contributed by atoms with Crippen molar-refractivity contribution in [1.82, 2.24) is 9.13 Å². The second-order valence-electron chi connectivity index (χ2n) is 12.4. The number of nitrogens with zero attached hydrogens (tertiary/aromatic N) is 2. The molecule has 0 bridgehead atoms. The number of hydrogen-bond donors (Lipinski definition) is 2. The van der Waals surface area contributed by atoms with Crippen LogP contribution >= 0.6 is 11.3 Å². The summed E-state index contributed by atoms with van der Waals surface area (Å²) in [5, 5.41) is 27.9. The summed E-state index contributed by atoms with van der Waals surface area (Å²) >= 11 is 1.60. The molecule has 3 heterocycles. The molecule has 10 aromatic rings. The van der Waals surface area contributed by atoms with Gasteiger partial charge in [0, 0.05) is 58.6 Å². The molecule has 7 aromatic carbocycles. The number of thiophene rings is 1. The first kappa shape index (κ1) is 27.5. The predicted molar refractivity (Wildman–Crippen MR) is 203 cm³/mol. The van der Waals surface area contributed by atoms with Crippen LogP contribution in [0.3, 0.4) is 0 Å². The number of benzene rings is 7. The monoisotopic (exact) mass is 634 g/mol. The highest BCUT2D eigenvalue weighted by Crippen LogP contribution is 2.40. The highest BCUT2D eigenvalue weighted by Gasteiger charge is 2.22. The van der Waals surface area contributed by atoms with Gasteiger partial charge in [-0.25, -0.2) is 0 Å². The summed E-state index contributed by atoms with van der Waals surface area (Å²) in [4.78, 5) is 0. The summed E-state index contributed by atoms with van der Waals surface area (Å²) in [5.41, 5.74) is 9.40. The van der Waals surface area contributed by atoms with Crippen LogP contribution in [0.4, 0.5) is 0 Å². The molecular formula is C42H27BN2O2S. The second-order valence-corrected chi connectivity index (χ2v) is 13.4. The molecule has 3 aromatic heterocycles. The van der Waals surface area contributed by atoms with Gasteiger partial charge in [0.2, 0.25) is 0 Å². The standard InChI is InChI=1S/C42H27BN2O2S/c46-43(47)36-25-29(24-35-32-14-6-9-17-41(32)48-42(35)36)45-38-16-8-5-13-31(38)34-23-27(19-21-40(34)45)26-18-20-39-33(22-26)30-12-4-7-15-37(30)44(39)28-10-2-1-3-11-28/h1-25,46-47H. The van der Waals surface area contributed by atoms with E-state index in [0.29, 0.717) is 5.46 Å². The van der Waals surface area contributed by atoms with Crippen LogP contribution in [-0.4, -0.2) is 26.3 Å². The average molecular weight is 635 g/mol. The largest absolute Gasteiger partial charge is 0.489 e. The minimum atomic E-state index is -1.58. The van der Waals surface area contributed by atoms with Gasteiger partial charge in [-0.3, -0.25) is 0 Å². The van der Waals surface area contributed by atoms with Crippen molar-refractivity contribution in [2.45, 2.75) is 0 Å². The molecule has 2 N–H and O–H groups in total. The maximum absolute atomic E-state index is 10.5. The third-order valence-electron chi connectivity index (χ3n) is 9.72. The van der Waals surface area contributed by atoms with Crippen LogP contribution in [0.25, 0.3) is 86.3 Å². The van der Waals surface area contributed by atoms with E-state index in [4.69, 9.17) is 0 Å². The molecule has 0 aliphatic heterocycles. The summed E-state index contributed by atoms with van der Waals surface area (Å²) < 4.78 is 6.63. The van der Waals surface area contributed by atoms with Crippen molar-refractivity contribution >= 4 is 87.7 Å². The van der Waals surface area contributed by atoms with Gasteiger partial charge < -0.3 is 19.2 Å². The van der Waals surface area contributed by atoms with Gasteiger partial charge in [0.1, 0.15) is 0 Å². The van der Waals surface area contributed by atoms with E-state index in [-0.39, 0.29) is 0 Å². The Labute approximate surface area is 280 Å². The average Bonchev–Trinajstić information content (AvgIpc) is 3.78. The van der Waals surface area contributed by atoms with Crippen LogP contribution in [0.15, 0.2) is 152 Å². The van der Waals surface area contributed by atoms with Crippen LogP contribution in [-0.2, 0) is 0 Å². The molecule has 48 heavy (non-hydrogen) atoms. The molecule has 0 spiro atoms.